The number of hydrogen-bond donors (Lipinski definition) is 1. The highest BCUT2D eigenvalue weighted by Crippen LogP contribution is 2.17. The van der Waals surface area contributed by atoms with Gasteiger partial charge >= 0.3 is 0 Å². The fraction of sp³-hybridized carbons (Fsp3) is 0.940. The largest absolute Gasteiger partial charge is 0.254 e. The summed E-state index contributed by atoms with van der Waals surface area (Å²) in [4.78, 5) is 3.78. The number of H-pyrrole nitrogens is 1. The van der Waals surface area contributed by atoms with E-state index in [-0.39, 0.29) is 0 Å². The molecule has 1 aromatic rings. The Morgan fingerprint density at radius 2 is 0.558 bits per heavy atom. The summed E-state index contributed by atoms with van der Waals surface area (Å²) in [5, 5.41) is 0. The molecular formula is C50H99N2+. The molecule has 1 rings (SSSR count). The van der Waals surface area contributed by atoms with Crippen molar-refractivity contribution < 1.29 is 4.57 Å². The zero-order valence-electron chi connectivity index (χ0n) is 36.6. The zero-order valence-corrected chi connectivity index (χ0v) is 36.6. The molecule has 52 heavy (non-hydrogen) atoms. The number of nitrogens with zero attached hydrogens (tertiary/aromatic N) is 1. The highest BCUT2D eigenvalue weighted by atomic mass is 15.1. The van der Waals surface area contributed by atoms with E-state index in [1.807, 2.05) is 0 Å². The Balaban J connectivity index is 2.26. The van der Waals surface area contributed by atoms with Crippen molar-refractivity contribution >= 4 is 0 Å². The van der Waals surface area contributed by atoms with E-state index in [0.717, 1.165) is 0 Å². The van der Waals surface area contributed by atoms with Crippen LogP contribution in [0.25, 0.3) is 0 Å². The number of aromatic nitrogens is 2. The first-order valence-corrected chi connectivity index (χ1v) is 24.9. The zero-order chi connectivity index (χ0) is 37.3. The molecule has 0 unspecified atom stereocenters. The minimum absolute atomic E-state index is 1.24. The summed E-state index contributed by atoms with van der Waals surface area (Å²) in [6, 6.07) is 0. The molecule has 0 aromatic carbocycles. The smallest absolute Gasteiger partial charge is 0.247 e. The maximum Gasteiger partial charge on any atom is 0.254 e. The van der Waals surface area contributed by atoms with Crippen molar-refractivity contribution in [2.24, 2.45) is 0 Å². The molecule has 0 saturated carbocycles. The summed E-state index contributed by atoms with van der Waals surface area (Å²) < 4.78 is 2.74. The van der Waals surface area contributed by atoms with E-state index in [1.54, 1.807) is 5.69 Å². The van der Waals surface area contributed by atoms with E-state index >= 15 is 0 Å². The Morgan fingerprint density at radius 1 is 0.308 bits per heavy atom. The van der Waals surface area contributed by atoms with Gasteiger partial charge in [-0.05, 0) is 25.7 Å². The van der Waals surface area contributed by atoms with Crippen LogP contribution in [0, 0.1) is 0 Å². The molecule has 1 heterocycles. The van der Waals surface area contributed by atoms with Crippen LogP contribution in [-0.2, 0) is 19.4 Å². The fourth-order valence-electron chi connectivity index (χ4n) is 8.46. The summed E-state index contributed by atoms with van der Waals surface area (Å²) in [5.41, 5.74) is 1.60. The van der Waals surface area contributed by atoms with Gasteiger partial charge in [0.1, 0.15) is 11.9 Å². The third-order valence-electron chi connectivity index (χ3n) is 12.1. The highest BCUT2D eigenvalue weighted by Gasteiger charge is 2.17. The summed E-state index contributed by atoms with van der Waals surface area (Å²) in [6.07, 6.45) is 64.0. The van der Waals surface area contributed by atoms with Crippen molar-refractivity contribution in [2.75, 3.05) is 0 Å². The Kier molecular flexibility index (Phi) is 39.2. The molecule has 1 aromatic heterocycles. The lowest BCUT2D eigenvalue weighted by Gasteiger charge is -2.07. The highest BCUT2D eigenvalue weighted by molar-refractivity contribution is 4.92. The van der Waals surface area contributed by atoms with Gasteiger partial charge < -0.3 is 0 Å². The molecule has 0 fully saturated rings. The van der Waals surface area contributed by atoms with Gasteiger partial charge in [0.2, 0.25) is 0 Å². The quantitative estimate of drug-likeness (QED) is 0.0510. The average molecular weight is 728 g/mol. The van der Waals surface area contributed by atoms with E-state index in [9.17, 15) is 0 Å². The van der Waals surface area contributed by atoms with Gasteiger partial charge in [0.05, 0.1) is 6.54 Å². The van der Waals surface area contributed by atoms with Crippen LogP contribution in [0.3, 0.4) is 0 Å². The predicted molar refractivity (Wildman–Crippen MR) is 235 cm³/mol. The number of imidazole rings is 1. The van der Waals surface area contributed by atoms with Gasteiger partial charge in [0, 0.05) is 12.8 Å². The lowest BCUT2D eigenvalue weighted by atomic mass is 10.0. The van der Waals surface area contributed by atoms with E-state index in [4.69, 9.17) is 0 Å². The number of rotatable bonds is 44. The normalized spacial score (nSPS) is 11.7. The molecule has 0 aliphatic heterocycles. The van der Waals surface area contributed by atoms with E-state index in [1.165, 1.54) is 288 Å². The average Bonchev–Trinajstić information content (AvgIpc) is 3.54. The van der Waals surface area contributed by atoms with Crippen LogP contribution in [0.15, 0.2) is 6.20 Å². The van der Waals surface area contributed by atoms with Crippen LogP contribution < -0.4 is 4.57 Å². The van der Waals surface area contributed by atoms with Gasteiger partial charge in [-0.2, -0.15) is 0 Å². The van der Waals surface area contributed by atoms with Crippen molar-refractivity contribution in [3.05, 3.63) is 17.7 Å². The topological polar surface area (TPSA) is 19.7 Å². The second-order valence-corrected chi connectivity index (χ2v) is 17.3. The monoisotopic (exact) mass is 728 g/mol. The van der Waals surface area contributed by atoms with E-state index in [0.29, 0.717) is 0 Å². The summed E-state index contributed by atoms with van der Waals surface area (Å²) in [7, 11) is 0. The van der Waals surface area contributed by atoms with Crippen LogP contribution in [0.4, 0.5) is 0 Å². The van der Waals surface area contributed by atoms with Gasteiger partial charge in [0.25, 0.3) is 5.82 Å². The van der Waals surface area contributed by atoms with Crippen molar-refractivity contribution in [3.8, 4) is 0 Å². The number of hydrogen-bond acceptors (Lipinski definition) is 0. The lowest BCUT2D eigenvalue weighted by molar-refractivity contribution is -0.710. The van der Waals surface area contributed by atoms with Crippen molar-refractivity contribution in [1.82, 2.24) is 4.98 Å². The maximum atomic E-state index is 3.78. The first-order valence-electron chi connectivity index (χ1n) is 24.9. The molecule has 2 nitrogen and oxygen atoms in total. The summed E-state index contributed by atoms with van der Waals surface area (Å²) in [5.74, 6) is 1.53. The number of aryl methyl sites for hydroxylation is 2. The van der Waals surface area contributed by atoms with Crippen LogP contribution in [0.1, 0.15) is 296 Å². The standard InChI is InChI=1S/C50H98N2/c1-4-7-10-13-16-19-22-25-27-28-30-33-36-39-42-45-49-48-51-50(46-43-40-37-34-31-24-21-18-15-12-9-6-3)52(49)47-44-41-38-35-32-29-26-23-20-17-14-11-8-5-2/h48H,4-47H2,1-3H3/p+1. The molecule has 0 atom stereocenters. The van der Waals surface area contributed by atoms with Gasteiger partial charge in [-0.1, -0.05) is 258 Å². The fourth-order valence-corrected chi connectivity index (χ4v) is 8.46. The molecule has 0 spiro atoms. The number of nitrogens with one attached hydrogen (secondary N) is 1. The Bertz CT molecular complexity index is 796. The second kappa shape index (κ2) is 41.4. The molecule has 0 radical (unpaired) electrons. The summed E-state index contributed by atoms with van der Waals surface area (Å²) in [6.45, 7) is 8.19. The van der Waals surface area contributed by atoms with Crippen LogP contribution in [-0.4, -0.2) is 4.98 Å². The molecular weight excluding hydrogens is 629 g/mol. The molecule has 0 bridgehead atoms. The van der Waals surface area contributed by atoms with Crippen molar-refractivity contribution in [3.63, 3.8) is 0 Å². The third kappa shape index (κ3) is 32.6. The maximum absolute atomic E-state index is 3.78. The van der Waals surface area contributed by atoms with Crippen LogP contribution >= 0.6 is 0 Å². The lowest BCUT2D eigenvalue weighted by Crippen LogP contribution is -2.40. The van der Waals surface area contributed by atoms with Gasteiger partial charge in [-0.3, -0.25) is 0 Å². The first kappa shape index (κ1) is 49.2. The number of unbranched alkanes of at least 4 members (excludes halogenated alkanes) is 38. The molecule has 0 saturated heterocycles. The SMILES string of the molecule is CCCCCCCCCCCCCCCCCc1c[nH]c(CCCCCCCCCCCCCC)[n+]1CCCCCCCCCCCCCCCC. The Morgan fingerprint density at radius 3 is 0.865 bits per heavy atom. The molecule has 0 aliphatic rings. The van der Waals surface area contributed by atoms with E-state index in [2.05, 4.69) is 36.5 Å². The first-order chi connectivity index (χ1) is 25.8. The Labute approximate surface area is 329 Å². The molecule has 0 amide bonds. The molecule has 308 valence electrons. The van der Waals surface area contributed by atoms with Gasteiger partial charge in [0.15, 0.2) is 0 Å². The van der Waals surface area contributed by atoms with E-state index < -0.39 is 0 Å². The molecule has 1 N–H and O–H groups in total. The number of aromatic amines is 1. The minimum atomic E-state index is 1.24. The van der Waals surface area contributed by atoms with Crippen molar-refractivity contribution in [1.29, 1.82) is 0 Å². The Hall–Kier alpha value is -0.790. The summed E-state index contributed by atoms with van der Waals surface area (Å²) >= 11 is 0. The third-order valence-corrected chi connectivity index (χ3v) is 12.1. The van der Waals surface area contributed by atoms with Crippen LogP contribution in [0.5, 0.6) is 0 Å². The van der Waals surface area contributed by atoms with Gasteiger partial charge in [-0.15, -0.1) is 0 Å². The minimum Gasteiger partial charge on any atom is -0.247 e. The second-order valence-electron chi connectivity index (χ2n) is 17.3. The van der Waals surface area contributed by atoms with Gasteiger partial charge in [-0.25, -0.2) is 9.55 Å². The van der Waals surface area contributed by atoms with Crippen molar-refractivity contribution in [2.45, 2.75) is 303 Å². The molecule has 0 aliphatic carbocycles. The predicted octanol–water partition coefficient (Wildman–Crippen LogP) is 17.4. The molecule has 2 heteroatoms. The van der Waals surface area contributed by atoms with Crippen LogP contribution in [0.2, 0.25) is 0 Å².